The van der Waals surface area contributed by atoms with Crippen LogP contribution in [0.25, 0.3) is 0 Å². The molecule has 4 nitrogen and oxygen atoms in total. The summed E-state index contributed by atoms with van der Waals surface area (Å²) in [6, 6.07) is 6.48. The molecule has 0 bridgehead atoms. The number of aliphatic hydroxyl groups is 2. The number of nitrogens with zero attached hydrogens (tertiary/aromatic N) is 1. The molecule has 0 saturated heterocycles. The molecule has 0 aromatic heterocycles. The summed E-state index contributed by atoms with van der Waals surface area (Å²) >= 11 is 3.88. The molecular weight excluding hydrogens is 212 g/mol. The highest BCUT2D eigenvalue weighted by atomic mass is 32.1. The fourth-order valence-corrected chi connectivity index (χ4v) is 1.39. The van der Waals surface area contributed by atoms with Crippen LogP contribution in [-0.4, -0.2) is 22.1 Å². The Kier molecular flexibility index (Phi) is 3.97. The molecular formula is C10H12N2O2S. The Morgan fingerprint density at radius 3 is 2.60 bits per heavy atom. The molecule has 5 heteroatoms. The average molecular weight is 224 g/mol. The van der Waals surface area contributed by atoms with Crippen molar-refractivity contribution in [1.29, 1.82) is 5.26 Å². The van der Waals surface area contributed by atoms with Gasteiger partial charge in [0.15, 0.2) is 0 Å². The third-order valence-corrected chi connectivity index (χ3v) is 2.46. The molecule has 4 N–H and O–H groups in total. The molecule has 0 saturated carbocycles. The molecule has 0 fully saturated rings. The van der Waals surface area contributed by atoms with E-state index in [0.717, 1.165) is 0 Å². The van der Waals surface area contributed by atoms with Gasteiger partial charge in [-0.25, -0.2) is 0 Å². The number of aliphatic hydroxyl groups excluding tert-OH is 2. The Balaban J connectivity index is 2.98. The predicted molar refractivity (Wildman–Crippen MR) is 60.4 cm³/mol. The minimum atomic E-state index is -1.03. The third kappa shape index (κ3) is 2.63. The maximum atomic E-state index is 9.64. The van der Waals surface area contributed by atoms with Gasteiger partial charge in [0.2, 0.25) is 0 Å². The zero-order valence-electron chi connectivity index (χ0n) is 7.96. The van der Waals surface area contributed by atoms with Gasteiger partial charge in [-0.1, -0.05) is 6.07 Å². The van der Waals surface area contributed by atoms with Gasteiger partial charge in [-0.3, -0.25) is 0 Å². The summed E-state index contributed by atoms with van der Waals surface area (Å²) < 4.78 is 0. The van der Waals surface area contributed by atoms with Crippen LogP contribution < -0.4 is 5.73 Å². The molecule has 2 unspecified atom stereocenters. The van der Waals surface area contributed by atoms with Crippen LogP contribution in [0.1, 0.15) is 17.2 Å². The summed E-state index contributed by atoms with van der Waals surface area (Å²) in [7, 11) is 0. The highest BCUT2D eigenvalue weighted by Gasteiger charge is 2.17. The van der Waals surface area contributed by atoms with Gasteiger partial charge in [0, 0.05) is 11.4 Å². The van der Waals surface area contributed by atoms with Crippen LogP contribution in [0.15, 0.2) is 18.2 Å². The quantitative estimate of drug-likeness (QED) is 0.443. The second-order valence-corrected chi connectivity index (χ2v) is 3.52. The van der Waals surface area contributed by atoms with Crippen LogP contribution in [0.2, 0.25) is 0 Å². The normalized spacial score (nSPS) is 14.3. The number of rotatable bonds is 3. The van der Waals surface area contributed by atoms with Crippen LogP contribution in [0, 0.1) is 11.3 Å². The van der Waals surface area contributed by atoms with Crippen molar-refractivity contribution in [3.8, 4) is 6.07 Å². The van der Waals surface area contributed by atoms with Crippen molar-refractivity contribution >= 4 is 18.3 Å². The lowest BCUT2D eigenvalue weighted by molar-refractivity contribution is 0.0338. The highest BCUT2D eigenvalue weighted by molar-refractivity contribution is 7.80. The number of nitrogen functional groups attached to an aromatic ring is 1. The predicted octanol–water partition coefficient (Wildman–Crippen LogP) is 0.465. The van der Waals surface area contributed by atoms with E-state index in [1.165, 1.54) is 12.1 Å². The number of nitriles is 1. The number of anilines is 1. The Bertz CT molecular complexity index is 389. The zero-order chi connectivity index (χ0) is 11.4. The fourth-order valence-electron chi connectivity index (χ4n) is 1.19. The van der Waals surface area contributed by atoms with E-state index in [-0.39, 0.29) is 5.75 Å². The van der Waals surface area contributed by atoms with E-state index >= 15 is 0 Å². The second kappa shape index (κ2) is 5.03. The Morgan fingerprint density at radius 1 is 1.47 bits per heavy atom. The number of benzene rings is 1. The standard InChI is InChI=1S/C10H12N2O2S/c11-4-7-2-1-6(3-8(7)12)10(14)9(13)5-15/h1-3,9-10,13-15H,5,12H2. The maximum Gasteiger partial charge on any atom is 0.106 e. The molecule has 1 aromatic rings. The molecule has 0 amide bonds. The molecule has 0 radical (unpaired) electrons. The summed E-state index contributed by atoms with van der Waals surface area (Å²) in [5, 5.41) is 27.7. The molecule has 0 heterocycles. The van der Waals surface area contributed by atoms with Crippen molar-refractivity contribution in [2.24, 2.45) is 0 Å². The molecule has 0 aliphatic heterocycles. The Morgan fingerprint density at radius 2 is 2.13 bits per heavy atom. The summed E-state index contributed by atoms with van der Waals surface area (Å²) in [6.45, 7) is 0. The van der Waals surface area contributed by atoms with Crippen LogP contribution in [0.5, 0.6) is 0 Å². The Labute approximate surface area is 93.4 Å². The van der Waals surface area contributed by atoms with Crippen LogP contribution in [0.3, 0.4) is 0 Å². The lowest BCUT2D eigenvalue weighted by Gasteiger charge is -2.16. The first-order valence-electron chi connectivity index (χ1n) is 4.36. The van der Waals surface area contributed by atoms with Gasteiger partial charge in [0.25, 0.3) is 0 Å². The minimum Gasteiger partial charge on any atom is -0.398 e. The van der Waals surface area contributed by atoms with Crippen molar-refractivity contribution in [3.05, 3.63) is 29.3 Å². The Hall–Kier alpha value is -1.22. The van der Waals surface area contributed by atoms with Gasteiger partial charge < -0.3 is 15.9 Å². The second-order valence-electron chi connectivity index (χ2n) is 3.15. The zero-order valence-corrected chi connectivity index (χ0v) is 8.85. The molecule has 1 rings (SSSR count). The number of hydrogen-bond acceptors (Lipinski definition) is 5. The monoisotopic (exact) mass is 224 g/mol. The van der Waals surface area contributed by atoms with Crippen LogP contribution >= 0.6 is 12.6 Å². The van der Waals surface area contributed by atoms with Crippen molar-refractivity contribution in [3.63, 3.8) is 0 Å². The van der Waals surface area contributed by atoms with Gasteiger partial charge in [-0.2, -0.15) is 17.9 Å². The highest BCUT2D eigenvalue weighted by Crippen LogP contribution is 2.22. The van der Waals surface area contributed by atoms with Gasteiger partial charge in [0.05, 0.1) is 11.7 Å². The largest absolute Gasteiger partial charge is 0.398 e. The van der Waals surface area contributed by atoms with E-state index in [4.69, 9.17) is 11.0 Å². The molecule has 15 heavy (non-hydrogen) atoms. The number of nitrogens with two attached hydrogens (primary N) is 1. The minimum absolute atomic E-state index is 0.154. The van der Waals surface area contributed by atoms with Crippen molar-refractivity contribution in [2.45, 2.75) is 12.2 Å². The van der Waals surface area contributed by atoms with E-state index in [9.17, 15) is 10.2 Å². The van der Waals surface area contributed by atoms with Crippen molar-refractivity contribution < 1.29 is 10.2 Å². The molecule has 0 aliphatic rings. The van der Waals surface area contributed by atoms with Crippen molar-refractivity contribution in [2.75, 3.05) is 11.5 Å². The van der Waals surface area contributed by atoms with E-state index in [1.54, 1.807) is 6.07 Å². The number of thiol groups is 1. The van der Waals surface area contributed by atoms with E-state index in [0.29, 0.717) is 16.8 Å². The van der Waals surface area contributed by atoms with E-state index in [2.05, 4.69) is 12.6 Å². The summed E-state index contributed by atoms with van der Waals surface area (Å²) in [5.41, 5.74) is 6.70. The third-order valence-electron chi connectivity index (χ3n) is 2.09. The van der Waals surface area contributed by atoms with Gasteiger partial charge in [-0.05, 0) is 17.7 Å². The smallest absolute Gasteiger partial charge is 0.106 e. The molecule has 0 aliphatic carbocycles. The SMILES string of the molecule is N#Cc1ccc(C(O)C(O)CS)cc1N. The maximum absolute atomic E-state index is 9.64. The van der Waals surface area contributed by atoms with Gasteiger partial charge in [0.1, 0.15) is 12.2 Å². The van der Waals surface area contributed by atoms with Gasteiger partial charge >= 0.3 is 0 Å². The number of hydrogen-bond donors (Lipinski definition) is 4. The van der Waals surface area contributed by atoms with Crippen molar-refractivity contribution in [1.82, 2.24) is 0 Å². The van der Waals surface area contributed by atoms with Crippen LogP contribution in [0.4, 0.5) is 5.69 Å². The average Bonchev–Trinajstić information content (AvgIpc) is 2.26. The topological polar surface area (TPSA) is 90.3 Å². The first kappa shape index (κ1) is 11.9. The van der Waals surface area contributed by atoms with E-state index < -0.39 is 12.2 Å². The summed E-state index contributed by atoms with van der Waals surface area (Å²) in [5.74, 6) is 0.154. The van der Waals surface area contributed by atoms with E-state index in [1.807, 2.05) is 6.07 Å². The molecule has 2 atom stereocenters. The van der Waals surface area contributed by atoms with Gasteiger partial charge in [-0.15, -0.1) is 0 Å². The first-order chi connectivity index (χ1) is 7.10. The fraction of sp³-hybridized carbons (Fsp3) is 0.300. The molecule has 0 spiro atoms. The lowest BCUT2D eigenvalue weighted by Crippen LogP contribution is -2.19. The summed E-state index contributed by atoms with van der Waals surface area (Å²) in [4.78, 5) is 0. The summed E-state index contributed by atoms with van der Waals surface area (Å²) in [6.07, 6.45) is -1.97. The molecule has 80 valence electrons. The van der Waals surface area contributed by atoms with Crippen LogP contribution in [-0.2, 0) is 0 Å². The molecule has 1 aromatic carbocycles. The lowest BCUT2D eigenvalue weighted by atomic mass is 10.0. The first-order valence-corrected chi connectivity index (χ1v) is 5.00.